The number of hydrogen-bond donors (Lipinski definition) is 2. The van der Waals surface area contributed by atoms with Crippen LogP contribution in [-0.2, 0) is 6.54 Å². The molecule has 1 aromatic rings. The Bertz CT molecular complexity index is 437. The van der Waals surface area contributed by atoms with Gasteiger partial charge in [0.05, 0.1) is 5.69 Å². The number of likely N-dealkylation sites (N-methyl/N-ethyl adjacent to an activating group) is 1. The second-order valence-electron chi connectivity index (χ2n) is 5.18. The molecule has 7 heteroatoms. The van der Waals surface area contributed by atoms with E-state index in [2.05, 4.69) is 41.1 Å². The standard InChI is InChI=1S/C12H21N5OS/c1-8-4-17(5-9(2)16(8)3)6-10-7-19-12(14-10)11(18)15-13/h7-9H,4-6,13H2,1-3H3,(H,15,18). The molecule has 1 aliphatic rings. The lowest BCUT2D eigenvalue weighted by Gasteiger charge is -2.42. The fourth-order valence-electron chi connectivity index (χ4n) is 2.42. The molecular formula is C12H21N5OS. The number of amides is 1. The number of piperazine rings is 1. The summed E-state index contributed by atoms with van der Waals surface area (Å²) in [6, 6.07) is 1.07. The lowest BCUT2D eigenvalue weighted by molar-refractivity contribution is 0.0550. The third-order valence-electron chi connectivity index (χ3n) is 3.70. The molecule has 3 N–H and O–H groups in total. The summed E-state index contributed by atoms with van der Waals surface area (Å²) in [4.78, 5) is 20.5. The molecule has 2 unspecified atom stereocenters. The Balaban J connectivity index is 1.98. The van der Waals surface area contributed by atoms with Gasteiger partial charge in [-0.05, 0) is 20.9 Å². The zero-order valence-corrected chi connectivity index (χ0v) is 12.4. The number of hydrazine groups is 1. The number of hydrogen-bond acceptors (Lipinski definition) is 6. The highest BCUT2D eigenvalue weighted by Crippen LogP contribution is 2.17. The first-order chi connectivity index (χ1) is 9.01. The third kappa shape index (κ3) is 3.30. The minimum atomic E-state index is -0.323. The van der Waals surface area contributed by atoms with E-state index in [9.17, 15) is 4.79 Å². The third-order valence-corrected chi connectivity index (χ3v) is 4.59. The second-order valence-corrected chi connectivity index (χ2v) is 6.03. The molecule has 19 heavy (non-hydrogen) atoms. The van der Waals surface area contributed by atoms with Crippen molar-refractivity contribution in [3.8, 4) is 0 Å². The maximum Gasteiger partial charge on any atom is 0.294 e. The molecule has 1 amide bonds. The quantitative estimate of drug-likeness (QED) is 0.473. The van der Waals surface area contributed by atoms with E-state index in [-0.39, 0.29) is 5.91 Å². The molecule has 0 spiro atoms. The summed E-state index contributed by atoms with van der Waals surface area (Å²) >= 11 is 1.33. The fourth-order valence-corrected chi connectivity index (χ4v) is 3.13. The van der Waals surface area contributed by atoms with E-state index in [4.69, 9.17) is 5.84 Å². The van der Waals surface area contributed by atoms with Crippen LogP contribution in [0.1, 0.15) is 29.3 Å². The van der Waals surface area contributed by atoms with E-state index in [0.717, 1.165) is 25.3 Å². The maximum absolute atomic E-state index is 11.4. The van der Waals surface area contributed by atoms with E-state index in [1.807, 2.05) is 5.38 Å². The lowest BCUT2D eigenvalue weighted by Crippen LogP contribution is -2.54. The molecular weight excluding hydrogens is 262 g/mol. The van der Waals surface area contributed by atoms with Crippen molar-refractivity contribution < 1.29 is 4.79 Å². The number of nitrogens with two attached hydrogens (primary N) is 1. The summed E-state index contributed by atoms with van der Waals surface area (Å²) in [5.41, 5.74) is 3.04. The summed E-state index contributed by atoms with van der Waals surface area (Å²) in [5, 5.41) is 2.35. The van der Waals surface area contributed by atoms with E-state index < -0.39 is 0 Å². The molecule has 1 aromatic heterocycles. The van der Waals surface area contributed by atoms with Crippen LogP contribution in [0.4, 0.5) is 0 Å². The number of nitrogens with zero attached hydrogens (tertiary/aromatic N) is 3. The summed E-state index contributed by atoms with van der Waals surface area (Å²) < 4.78 is 0. The van der Waals surface area contributed by atoms with Gasteiger partial charge in [-0.3, -0.25) is 20.0 Å². The van der Waals surface area contributed by atoms with Crippen molar-refractivity contribution in [3.63, 3.8) is 0 Å². The number of nitrogen functional groups attached to an aromatic ring is 1. The number of carbonyl (C=O) groups excluding carboxylic acids is 1. The van der Waals surface area contributed by atoms with Gasteiger partial charge in [0.1, 0.15) is 0 Å². The Morgan fingerprint density at radius 1 is 1.53 bits per heavy atom. The van der Waals surface area contributed by atoms with Gasteiger partial charge in [0, 0.05) is 37.1 Å². The molecule has 1 saturated heterocycles. The van der Waals surface area contributed by atoms with Crippen LogP contribution in [0.3, 0.4) is 0 Å². The molecule has 106 valence electrons. The Labute approximate surface area is 117 Å². The van der Waals surface area contributed by atoms with Crippen LogP contribution in [0.5, 0.6) is 0 Å². The Hall–Kier alpha value is -1.02. The van der Waals surface area contributed by atoms with Gasteiger partial charge in [-0.1, -0.05) is 0 Å². The van der Waals surface area contributed by atoms with Crippen molar-refractivity contribution in [1.29, 1.82) is 0 Å². The average Bonchev–Trinajstić information content (AvgIpc) is 2.83. The molecule has 0 aromatic carbocycles. The van der Waals surface area contributed by atoms with Crippen LogP contribution in [0.15, 0.2) is 5.38 Å². The van der Waals surface area contributed by atoms with Crippen molar-refractivity contribution >= 4 is 17.2 Å². The van der Waals surface area contributed by atoms with Gasteiger partial charge in [0.15, 0.2) is 5.01 Å². The van der Waals surface area contributed by atoms with Crippen LogP contribution < -0.4 is 11.3 Å². The smallest absolute Gasteiger partial charge is 0.294 e. The normalized spacial score (nSPS) is 25.5. The number of rotatable bonds is 3. The Morgan fingerprint density at radius 2 is 2.16 bits per heavy atom. The zero-order valence-electron chi connectivity index (χ0n) is 11.6. The molecule has 0 saturated carbocycles. The maximum atomic E-state index is 11.4. The van der Waals surface area contributed by atoms with E-state index in [1.54, 1.807) is 0 Å². The van der Waals surface area contributed by atoms with Gasteiger partial charge in [-0.2, -0.15) is 0 Å². The largest absolute Gasteiger partial charge is 0.298 e. The highest BCUT2D eigenvalue weighted by molar-refractivity contribution is 7.11. The molecule has 2 heterocycles. The number of thiazole rings is 1. The predicted molar refractivity (Wildman–Crippen MR) is 75.7 cm³/mol. The predicted octanol–water partition coefficient (Wildman–Crippen LogP) is 0.271. The molecule has 0 aliphatic carbocycles. The van der Waals surface area contributed by atoms with E-state index in [0.29, 0.717) is 17.1 Å². The number of aromatic nitrogens is 1. The number of carbonyl (C=O) groups is 1. The molecule has 1 aliphatic heterocycles. The van der Waals surface area contributed by atoms with Crippen molar-refractivity contribution in [1.82, 2.24) is 20.2 Å². The molecule has 1 fully saturated rings. The van der Waals surface area contributed by atoms with Crippen LogP contribution >= 0.6 is 11.3 Å². The SMILES string of the molecule is CC1CN(Cc2csc(C(=O)NN)n2)CC(C)N1C. The fraction of sp³-hybridized carbons (Fsp3) is 0.667. The lowest BCUT2D eigenvalue weighted by atomic mass is 10.1. The highest BCUT2D eigenvalue weighted by Gasteiger charge is 2.26. The molecule has 6 nitrogen and oxygen atoms in total. The topological polar surface area (TPSA) is 74.5 Å². The highest BCUT2D eigenvalue weighted by atomic mass is 32.1. The zero-order chi connectivity index (χ0) is 14.0. The molecule has 2 rings (SSSR count). The van der Waals surface area contributed by atoms with Gasteiger partial charge in [0.2, 0.25) is 0 Å². The number of nitrogens with one attached hydrogen (secondary N) is 1. The van der Waals surface area contributed by atoms with E-state index >= 15 is 0 Å². The minimum absolute atomic E-state index is 0.323. The first-order valence-electron chi connectivity index (χ1n) is 6.41. The van der Waals surface area contributed by atoms with Crippen molar-refractivity contribution in [3.05, 3.63) is 16.1 Å². The average molecular weight is 283 g/mol. The summed E-state index contributed by atoms with van der Waals surface area (Å²) in [6.45, 7) is 7.30. The van der Waals surface area contributed by atoms with Crippen LogP contribution in [0.2, 0.25) is 0 Å². The van der Waals surface area contributed by atoms with Crippen LogP contribution in [0, 0.1) is 0 Å². The first kappa shape index (κ1) is 14.4. The Morgan fingerprint density at radius 3 is 2.74 bits per heavy atom. The summed E-state index contributed by atoms with van der Waals surface area (Å²) in [7, 11) is 2.17. The summed E-state index contributed by atoms with van der Waals surface area (Å²) in [5.74, 6) is 4.78. The monoisotopic (exact) mass is 283 g/mol. The van der Waals surface area contributed by atoms with E-state index in [1.165, 1.54) is 11.3 Å². The van der Waals surface area contributed by atoms with Crippen LogP contribution in [-0.4, -0.2) is 52.9 Å². The Kier molecular flexibility index (Phi) is 4.51. The molecule has 2 atom stereocenters. The van der Waals surface area contributed by atoms with Crippen LogP contribution in [0.25, 0.3) is 0 Å². The van der Waals surface area contributed by atoms with Gasteiger partial charge < -0.3 is 0 Å². The van der Waals surface area contributed by atoms with Crippen molar-refractivity contribution in [2.24, 2.45) is 5.84 Å². The van der Waals surface area contributed by atoms with Gasteiger partial charge in [-0.25, -0.2) is 10.8 Å². The van der Waals surface area contributed by atoms with Crippen molar-refractivity contribution in [2.45, 2.75) is 32.5 Å². The van der Waals surface area contributed by atoms with Gasteiger partial charge in [-0.15, -0.1) is 11.3 Å². The van der Waals surface area contributed by atoms with Gasteiger partial charge >= 0.3 is 0 Å². The first-order valence-corrected chi connectivity index (χ1v) is 7.29. The minimum Gasteiger partial charge on any atom is -0.298 e. The summed E-state index contributed by atoms with van der Waals surface area (Å²) in [6.07, 6.45) is 0. The second kappa shape index (κ2) is 5.96. The molecule has 0 radical (unpaired) electrons. The molecule has 0 bridgehead atoms. The van der Waals surface area contributed by atoms with Gasteiger partial charge in [0.25, 0.3) is 5.91 Å². The van der Waals surface area contributed by atoms with Crippen molar-refractivity contribution in [2.75, 3.05) is 20.1 Å².